The van der Waals surface area contributed by atoms with Gasteiger partial charge in [0.2, 0.25) is 0 Å². The molecule has 48 heavy (non-hydrogen) atoms. The van der Waals surface area contributed by atoms with Crippen LogP contribution in [0.2, 0.25) is 0 Å². The van der Waals surface area contributed by atoms with Gasteiger partial charge in [-0.25, -0.2) is 0 Å². The summed E-state index contributed by atoms with van der Waals surface area (Å²) in [5, 5.41) is 9.57. The lowest BCUT2D eigenvalue weighted by atomic mass is 10.1. The number of aliphatic hydroxyl groups is 1. The van der Waals surface area contributed by atoms with Crippen molar-refractivity contribution in [2.45, 2.75) is 180 Å². The summed E-state index contributed by atoms with van der Waals surface area (Å²) in [5.74, 6) is -0.217. The third-order valence-electron chi connectivity index (χ3n) is 8.27. The summed E-state index contributed by atoms with van der Waals surface area (Å²) in [6, 6.07) is 0. The first kappa shape index (κ1) is 45.8. The van der Waals surface area contributed by atoms with E-state index in [4.69, 9.17) is 9.47 Å². The summed E-state index contributed by atoms with van der Waals surface area (Å²) in [4.78, 5) is 12.1. The van der Waals surface area contributed by atoms with Crippen molar-refractivity contribution in [3.8, 4) is 0 Å². The van der Waals surface area contributed by atoms with Crippen LogP contribution >= 0.6 is 0 Å². The van der Waals surface area contributed by atoms with E-state index < -0.39 is 6.10 Å². The molecule has 0 bridgehead atoms. The van der Waals surface area contributed by atoms with Crippen LogP contribution in [0.15, 0.2) is 72.9 Å². The first-order valence-corrected chi connectivity index (χ1v) is 20.0. The minimum absolute atomic E-state index is 0.182. The number of ether oxygens (including phenoxy) is 2. The average molecular weight is 669 g/mol. The lowest BCUT2D eigenvalue weighted by molar-refractivity contribution is -0.154. The van der Waals surface area contributed by atoms with Crippen molar-refractivity contribution < 1.29 is 19.4 Å². The average Bonchev–Trinajstić information content (AvgIpc) is 3.09. The SMILES string of the molecule is CC/C=C\C/C=C\C/C=C\C/C=C\C/C=C\CCCCCCCCCCOCC(CO)OC(=O)CCCCCCC/C=C\CCCCC. The van der Waals surface area contributed by atoms with Gasteiger partial charge in [0.25, 0.3) is 0 Å². The Labute approximate surface area is 297 Å². The molecular weight excluding hydrogens is 592 g/mol. The normalized spacial score (nSPS) is 13.1. The fourth-order valence-corrected chi connectivity index (χ4v) is 5.29. The maximum atomic E-state index is 12.1. The second-order valence-corrected chi connectivity index (χ2v) is 13.0. The molecule has 1 atom stereocenters. The van der Waals surface area contributed by atoms with E-state index in [1.807, 2.05) is 0 Å². The molecule has 0 aromatic heterocycles. The van der Waals surface area contributed by atoms with Gasteiger partial charge in [0.15, 0.2) is 0 Å². The van der Waals surface area contributed by atoms with Gasteiger partial charge in [-0.05, 0) is 83.5 Å². The number of hydrogen-bond acceptors (Lipinski definition) is 4. The predicted molar refractivity (Wildman–Crippen MR) is 209 cm³/mol. The Kier molecular flexibility index (Phi) is 39.1. The third-order valence-corrected chi connectivity index (χ3v) is 8.27. The molecule has 4 heteroatoms. The molecule has 0 saturated carbocycles. The Morgan fingerprint density at radius 3 is 1.44 bits per heavy atom. The Hall–Kier alpha value is -2.17. The number of allylic oxidation sites excluding steroid dienone is 12. The van der Waals surface area contributed by atoms with E-state index in [-0.39, 0.29) is 19.2 Å². The molecule has 0 aromatic carbocycles. The molecule has 0 saturated heterocycles. The molecule has 0 fully saturated rings. The molecule has 276 valence electrons. The van der Waals surface area contributed by atoms with Crippen LogP contribution in [0.5, 0.6) is 0 Å². The summed E-state index contributed by atoms with van der Waals surface area (Å²) in [7, 11) is 0. The van der Waals surface area contributed by atoms with Crippen LogP contribution < -0.4 is 0 Å². The first-order valence-electron chi connectivity index (χ1n) is 20.0. The zero-order valence-corrected chi connectivity index (χ0v) is 31.5. The fourth-order valence-electron chi connectivity index (χ4n) is 5.29. The van der Waals surface area contributed by atoms with Crippen molar-refractivity contribution in [2.75, 3.05) is 19.8 Å². The van der Waals surface area contributed by atoms with Crippen molar-refractivity contribution in [1.29, 1.82) is 0 Å². The molecule has 0 aliphatic rings. The number of aliphatic hydroxyl groups excluding tert-OH is 1. The van der Waals surface area contributed by atoms with Gasteiger partial charge in [-0.2, -0.15) is 0 Å². The number of carbonyl (C=O) groups is 1. The molecular formula is C44H76O4. The van der Waals surface area contributed by atoms with Gasteiger partial charge in [0.05, 0.1) is 13.2 Å². The van der Waals surface area contributed by atoms with Gasteiger partial charge in [-0.15, -0.1) is 0 Å². The van der Waals surface area contributed by atoms with E-state index in [1.54, 1.807) is 0 Å². The van der Waals surface area contributed by atoms with Crippen molar-refractivity contribution in [3.05, 3.63) is 72.9 Å². The highest BCUT2D eigenvalue weighted by Gasteiger charge is 2.13. The van der Waals surface area contributed by atoms with E-state index >= 15 is 0 Å². The van der Waals surface area contributed by atoms with Crippen LogP contribution in [-0.4, -0.2) is 37.0 Å². The summed E-state index contributed by atoms with van der Waals surface area (Å²) in [5.41, 5.74) is 0. The Bertz CT molecular complexity index is 835. The molecule has 1 N–H and O–H groups in total. The van der Waals surface area contributed by atoms with Gasteiger partial charge >= 0.3 is 5.97 Å². The van der Waals surface area contributed by atoms with Gasteiger partial charge in [-0.3, -0.25) is 4.79 Å². The summed E-state index contributed by atoms with van der Waals surface area (Å²) >= 11 is 0. The molecule has 0 radical (unpaired) electrons. The summed E-state index contributed by atoms with van der Waals surface area (Å²) < 4.78 is 11.1. The van der Waals surface area contributed by atoms with E-state index in [2.05, 4.69) is 86.8 Å². The molecule has 0 aliphatic heterocycles. The van der Waals surface area contributed by atoms with Crippen molar-refractivity contribution >= 4 is 5.97 Å². The second kappa shape index (κ2) is 41.0. The molecule has 0 heterocycles. The van der Waals surface area contributed by atoms with E-state index in [1.165, 1.54) is 96.3 Å². The number of esters is 1. The van der Waals surface area contributed by atoms with E-state index in [0.717, 1.165) is 57.8 Å². The minimum Gasteiger partial charge on any atom is -0.457 e. The van der Waals surface area contributed by atoms with Crippen molar-refractivity contribution in [3.63, 3.8) is 0 Å². The van der Waals surface area contributed by atoms with E-state index in [9.17, 15) is 9.90 Å². The van der Waals surface area contributed by atoms with Crippen LogP contribution in [0.25, 0.3) is 0 Å². The lowest BCUT2D eigenvalue weighted by Gasteiger charge is -2.15. The second-order valence-electron chi connectivity index (χ2n) is 13.0. The van der Waals surface area contributed by atoms with Crippen LogP contribution in [0.1, 0.15) is 174 Å². The molecule has 0 rings (SSSR count). The third kappa shape index (κ3) is 38.3. The zero-order valence-electron chi connectivity index (χ0n) is 31.5. The predicted octanol–water partition coefficient (Wildman–Crippen LogP) is 13.0. The van der Waals surface area contributed by atoms with Crippen LogP contribution in [-0.2, 0) is 14.3 Å². The minimum atomic E-state index is -0.545. The highest BCUT2D eigenvalue weighted by atomic mass is 16.6. The molecule has 4 nitrogen and oxygen atoms in total. The molecule has 0 spiro atoms. The highest BCUT2D eigenvalue weighted by molar-refractivity contribution is 5.69. The maximum Gasteiger partial charge on any atom is 0.306 e. The monoisotopic (exact) mass is 669 g/mol. The fraction of sp³-hybridized carbons (Fsp3) is 0.705. The maximum absolute atomic E-state index is 12.1. The Morgan fingerprint density at radius 1 is 0.521 bits per heavy atom. The van der Waals surface area contributed by atoms with Crippen LogP contribution in [0.4, 0.5) is 0 Å². The first-order chi connectivity index (χ1) is 23.7. The quantitative estimate of drug-likeness (QED) is 0.0410. The highest BCUT2D eigenvalue weighted by Crippen LogP contribution is 2.12. The summed E-state index contributed by atoms with van der Waals surface area (Å²) in [6.45, 7) is 5.17. The Morgan fingerprint density at radius 2 is 0.938 bits per heavy atom. The van der Waals surface area contributed by atoms with Gasteiger partial charge in [-0.1, -0.05) is 157 Å². The van der Waals surface area contributed by atoms with Gasteiger partial charge < -0.3 is 14.6 Å². The number of carbonyl (C=O) groups excluding carboxylic acids is 1. The van der Waals surface area contributed by atoms with Crippen LogP contribution in [0.3, 0.4) is 0 Å². The molecule has 0 aromatic rings. The number of unbranched alkanes of at least 4 members (excludes halogenated alkanes) is 16. The number of rotatable bonds is 36. The number of hydrogen-bond donors (Lipinski definition) is 1. The van der Waals surface area contributed by atoms with Crippen molar-refractivity contribution in [2.24, 2.45) is 0 Å². The largest absolute Gasteiger partial charge is 0.457 e. The lowest BCUT2D eigenvalue weighted by Crippen LogP contribution is -2.27. The zero-order chi connectivity index (χ0) is 34.9. The molecule has 1 unspecified atom stereocenters. The standard InChI is InChI=1S/C44H76O4/c1-3-5-7-9-11-13-15-17-18-19-20-21-22-23-24-25-26-27-28-30-32-34-36-38-40-47-42-43(41-45)48-44(46)39-37-35-33-31-29-16-14-12-10-8-6-4-2/h5,7,11-14,17-18,20-21,23-24,43,45H,3-4,6,8-10,15-16,19,22,25-42H2,1-2H3/b7-5-,13-11-,14-12-,18-17-,21-20-,24-23-. The van der Waals surface area contributed by atoms with Gasteiger partial charge in [0, 0.05) is 13.0 Å². The van der Waals surface area contributed by atoms with Crippen LogP contribution in [0, 0.1) is 0 Å². The molecule has 0 aliphatic carbocycles. The van der Waals surface area contributed by atoms with E-state index in [0.29, 0.717) is 13.0 Å². The Balaban J connectivity index is 3.49. The smallest absolute Gasteiger partial charge is 0.306 e. The topological polar surface area (TPSA) is 55.8 Å². The summed E-state index contributed by atoms with van der Waals surface area (Å²) in [6.07, 6.45) is 55.2. The van der Waals surface area contributed by atoms with Gasteiger partial charge in [0.1, 0.15) is 6.10 Å². The van der Waals surface area contributed by atoms with Crippen molar-refractivity contribution in [1.82, 2.24) is 0 Å². The molecule has 0 amide bonds.